The highest BCUT2D eigenvalue weighted by Gasteiger charge is 2.32. The van der Waals surface area contributed by atoms with Crippen molar-refractivity contribution in [2.24, 2.45) is 11.7 Å². The first-order chi connectivity index (χ1) is 5.75. The molecule has 0 aromatic heterocycles. The number of hydrogen-bond donors (Lipinski definition) is 1. The first kappa shape index (κ1) is 9.48. The highest BCUT2D eigenvalue weighted by Crippen LogP contribution is 2.13. The van der Waals surface area contributed by atoms with Crippen LogP contribution in [0, 0.1) is 5.92 Å². The van der Waals surface area contributed by atoms with E-state index in [4.69, 9.17) is 15.2 Å². The monoisotopic (exact) mass is 173 g/mol. The maximum atomic E-state index is 11.2. The van der Waals surface area contributed by atoms with Crippen LogP contribution in [0.2, 0.25) is 0 Å². The molecule has 1 rings (SSSR count). The summed E-state index contributed by atoms with van der Waals surface area (Å²) in [7, 11) is 0. The van der Waals surface area contributed by atoms with Crippen LogP contribution in [0.1, 0.15) is 13.3 Å². The molecule has 1 saturated heterocycles. The third-order valence-corrected chi connectivity index (χ3v) is 1.88. The third kappa shape index (κ3) is 2.19. The van der Waals surface area contributed by atoms with Crippen molar-refractivity contribution in [1.29, 1.82) is 0 Å². The second-order valence-electron chi connectivity index (χ2n) is 2.98. The van der Waals surface area contributed by atoms with E-state index in [1.165, 1.54) is 0 Å². The number of esters is 1. The number of hydrogen-bond acceptors (Lipinski definition) is 4. The maximum Gasteiger partial charge on any atom is 0.312 e. The van der Waals surface area contributed by atoms with Gasteiger partial charge in [-0.1, -0.05) is 6.92 Å². The van der Waals surface area contributed by atoms with Gasteiger partial charge in [0.1, 0.15) is 0 Å². The summed E-state index contributed by atoms with van der Waals surface area (Å²) in [5.74, 6) is -0.474. The molecule has 0 bridgehead atoms. The number of ether oxygens (including phenoxy) is 2. The van der Waals surface area contributed by atoms with Crippen molar-refractivity contribution in [2.45, 2.75) is 19.4 Å². The highest BCUT2D eigenvalue weighted by molar-refractivity contribution is 5.73. The van der Waals surface area contributed by atoms with Gasteiger partial charge in [0.2, 0.25) is 0 Å². The van der Waals surface area contributed by atoms with E-state index >= 15 is 0 Å². The second-order valence-corrected chi connectivity index (χ2v) is 2.98. The third-order valence-electron chi connectivity index (χ3n) is 1.88. The van der Waals surface area contributed by atoms with E-state index < -0.39 is 0 Å². The van der Waals surface area contributed by atoms with Crippen molar-refractivity contribution in [3.63, 3.8) is 0 Å². The summed E-state index contributed by atoms with van der Waals surface area (Å²) >= 11 is 0. The number of nitrogens with two attached hydrogens (primary N) is 1. The quantitative estimate of drug-likeness (QED) is 0.606. The molecule has 2 N–H and O–H groups in total. The smallest absolute Gasteiger partial charge is 0.312 e. The first-order valence-corrected chi connectivity index (χ1v) is 4.25. The second kappa shape index (κ2) is 4.42. The molecule has 0 aromatic carbocycles. The molecule has 0 spiro atoms. The number of carbonyl (C=O) groups excluding carboxylic acids is 1. The van der Waals surface area contributed by atoms with Crippen LogP contribution in [0.3, 0.4) is 0 Å². The highest BCUT2D eigenvalue weighted by atomic mass is 16.5. The topological polar surface area (TPSA) is 61.5 Å². The van der Waals surface area contributed by atoms with Crippen LogP contribution in [0.5, 0.6) is 0 Å². The minimum absolute atomic E-state index is 0.186. The molecule has 0 aliphatic carbocycles. The van der Waals surface area contributed by atoms with Gasteiger partial charge >= 0.3 is 5.97 Å². The largest absolute Gasteiger partial charge is 0.465 e. The molecule has 0 amide bonds. The predicted molar refractivity (Wildman–Crippen MR) is 43.5 cm³/mol. The van der Waals surface area contributed by atoms with Gasteiger partial charge in [0.25, 0.3) is 0 Å². The van der Waals surface area contributed by atoms with E-state index in [0.29, 0.717) is 19.8 Å². The molecular weight excluding hydrogens is 158 g/mol. The fourth-order valence-electron chi connectivity index (χ4n) is 1.12. The van der Waals surface area contributed by atoms with Crippen molar-refractivity contribution in [3.05, 3.63) is 0 Å². The molecule has 0 aromatic rings. The van der Waals surface area contributed by atoms with Gasteiger partial charge in [-0.05, 0) is 6.42 Å². The Morgan fingerprint density at radius 1 is 1.67 bits per heavy atom. The van der Waals surface area contributed by atoms with Gasteiger partial charge in [-0.15, -0.1) is 0 Å². The lowest BCUT2D eigenvalue weighted by Gasteiger charge is -2.11. The van der Waals surface area contributed by atoms with Crippen molar-refractivity contribution in [1.82, 2.24) is 0 Å². The van der Waals surface area contributed by atoms with Crippen molar-refractivity contribution < 1.29 is 14.3 Å². The fourth-order valence-corrected chi connectivity index (χ4v) is 1.12. The summed E-state index contributed by atoms with van der Waals surface area (Å²) in [5.41, 5.74) is 5.63. The molecule has 1 fully saturated rings. The van der Waals surface area contributed by atoms with E-state index in [0.717, 1.165) is 6.42 Å². The molecule has 70 valence electrons. The summed E-state index contributed by atoms with van der Waals surface area (Å²) in [4.78, 5) is 11.2. The standard InChI is InChI=1S/C8H15NO3/c1-2-3-12-8(10)6-4-11-5-7(6)9/h6-7H,2-5,9H2,1H3. The Hall–Kier alpha value is -0.610. The average molecular weight is 173 g/mol. The normalized spacial score (nSPS) is 28.8. The van der Waals surface area contributed by atoms with E-state index in [9.17, 15) is 4.79 Å². The summed E-state index contributed by atoms with van der Waals surface area (Å²) in [5, 5.41) is 0. The van der Waals surface area contributed by atoms with Gasteiger partial charge in [0.05, 0.1) is 25.7 Å². The molecule has 2 unspecified atom stereocenters. The Morgan fingerprint density at radius 3 is 2.92 bits per heavy atom. The first-order valence-electron chi connectivity index (χ1n) is 4.25. The summed E-state index contributed by atoms with van der Waals surface area (Å²) in [6.45, 7) is 3.30. The van der Waals surface area contributed by atoms with Gasteiger partial charge in [0, 0.05) is 6.04 Å². The molecule has 1 heterocycles. The minimum Gasteiger partial charge on any atom is -0.465 e. The van der Waals surface area contributed by atoms with Gasteiger partial charge in [0.15, 0.2) is 0 Å². The fraction of sp³-hybridized carbons (Fsp3) is 0.875. The van der Waals surface area contributed by atoms with Crippen LogP contribution in [0.25, 0.3) is 0 Å². The number of carbonyl (C=O) groups is 1. The molecule has 2 atom stereocenters. The molecule has 4 nitrogen and oxygen atoms in total. The van der Waals surface area contributed by atoms with Crippen molar-refractivity contribution in [3.8, 4) is 0 Å². The van der Waals surface area contributed by atoms with E-state index in [-0.39, 0.29) is 17.9 Å². The zero-order valence-corrected chi connectivity index (χ0v) is 7.29. The number of rotatable bonds is 3. The molecule has 1 aliphatic heterocycles. The molecular formula is C8H15NO3. The predicted octanol–water partition coefficient (Wildman–Crippen LogP) is -0.0867. The van der Waals surface area contributed by atoms with E-state index in [1.54, 1.807) is 0 Å². The van der Waals surface area contributed by atoms with Crippen LogP contribution in [0.4, 0.5) is 0 Å². The zero-order chi connectivity index (χ0) is 8.97. The molecule has 0 saturated carbocycles. The molecule has 0 radical (unpaired) electrons. The summed E-state index contributed by atoms with van der Waals surface area (Å²) in [6, 6.07) is -0.186. The van der Waals surface area contributed by atoms with Crippen molar-refractivity contribution in [2.75, 3.05) is 19.8 Å². The van der Waals surface area contributed by atoms with Gasteiger partial charge < -0.3 is 15.2 Å². The van der Waals surface area contributed by atoms with Crippen LogP contribution in [-0.2, 0) is 14.3 Å². The molecule has 1 aliphatic rings. The molecule has 4 heteroatoms. The molecule has 12 heavy (non-hydrogen) atoms. The Balaban J connectivity index is 2.30. The van der Waals surface area contributed by atoms with Crippen molar-refractivity contribution >= 4 is 5.97 Å². The average Bonchev–Trinajstić information content (AvgIpc) is 2.47. The van der Waals surface area contributed by atoms with Gasteiger partial charge in [-0.2, -0.15) is 0 Å². The van der Waals surface area contributed by atoms with Crippen LogP contribution < -0.4 is 5.73 Å². The SMILES string of the molecule is CCCOC(=O)C1COCC1N. The Morgan fingerprint density at radius 2 is 2.42 bits per heavy atom. The maximum absolute atomic E-state index is 11.2. The van der Waals surface area contributed by atoms with Crippen LogP contribution >= 0.6 is 0 Å². The Bertz CT molecular complexity index is 160. The zero-order valence-electron chi connectivity index (χ0n) is 7.29. The Labute approximate surface area is 72.0 Å². The summed E-state index contributed by atoms with van der Waals surface area (Å²) < 4.78 is 9.99. The van der Waals surface area contributed by atoms with Crippen LogP contribution in [-0.4, -0.2) is 31.8 Å². The Kier molecular flexibility index (Phi) is 3.49. The van der Waals surface area contributed by atoms with E-state index in [2.05, 4.69) is 0 Å². The van der Waals surface area contributed by atoms with Gasteiger partial charge in [-0.3, -0.25) is 4.79 Å². The lowest BCUT2D eigenvalue weighted by Crippen LogP contribution is -2.35. The summed E-state index contributed by atoms with van der Waals surface area (Å²) in [6.07, 6.45) is 0.842. The van der Waals surface area contributed by atoms with E-state index in [1.807, 2.05) is 6.92 Å². The minimum atomic E-state index is -0.253. The van der Waals surface area contributed by atoms with Gasteiger partial charge in [-0.25, -0.2) is 0 Å². The lowest BCUT2D eigenvalue weighted by molar-refractivity contribution is -0.148. The van der Waals surface area contributed by atoms with Crippen LogP contribution in [0.15, 0.2) is 0 Å². The lowest BCUT2D eigenvalue weighted by atomic mass is 10.1.